The number of nitrogens with zero attached hydrogens (tertiary/aromatic N) is 2. The highest BCUT2D eigenvalue weighted by molar-refractivity contribution is 7.80. The van der Waals surface area contributed by atoms with E-state index in [2.05, 4.69) is 57.1 Å². The van der Waals surface area contributed by atoms with Gasteiger partial charge in [-0.3, -0.25) is 0 Å². The Morgan fingerprint density at radius 3 is 2.59 bits per heavy atom. The first-order chi connectivity index (χ1) is 14.2. The molecule has 0 saturated carbocycles. The average Bonchev–Trinajstić information content (AvgIpc) is 2.73. The smallest absolute Gasteiger partial charge is 0.171 e. The van der Waals surface area contributed by atoms with Crippen LogP contribution in [-0.2, 0) is 6.54 Å². The Kier molecular flexibility index (Phi) is 5.63. The summed E-state index contributed by atoms with van der Waals surface area (Å²) in [7, 11) is 0. The molecule has 0 saturated heterocycles. The molecule has 3 aromatic carbocycles. The minimum atomic E-state index is 0.568. The molecular weight excluding hydrogens is 378 g/mol. The van der Waals surface area contributed by atoms with Crippen LogP contribution in [0.25, 0.3) is 10.9 Å². The number of hydrogen-bond acceptors (Lipinski definition) is 4. The van der Waals surface area contributed by atoms with Crippen LogP contribution in [0.5, 0.6) is 0 Å². The molecule has 144 valence electrons. The molecule has 0 spiro atoms. The van der Waals surface area contributed by atoms with Crippen LogP contribution < -0.4 is 16.0 Å². The second-order valence-corrected chi connectivity index (χ2v) is 7.15. The van der Waals surface area contributed by atoms with Crippen molar-refractivity contribution in [2.75, 3.05) is 10.6 Å². The molecule has 0 unspecified atom stereocenters. The number of hydrogen-bond donors (Lipinski definition) is 3. The number of aryl methyl sites for hydroxylation is 1. The number of nitrogens with one attached hydrogen (secondary N) is 3. The first kappa shape index (κ1) is 18.8. The van der Waals surface area contributed by atoms with Gasteiger partial charge in [0.05, 0.1) is 5.52 Å². The van der Waals surface area contributed by atoms with Crippen molar-refractivity contribution in [3.05, 3.63) is 90.3 Å². The van der Waals surface area contributed by atoms with Gasteiger partial charge < -0.3 is 16.0 Å². The zero-order chi connectivity index (χ0) is 20.1. The lowest BCUT2D eigenvalue weighted by Crippen LogP contribution is -2.27. The van der Waals surface area contributed by atoms with Crippen molar-refractivity contribution in [1.29, 1.82) is 0 Å². The largest absolute Gasteiger partial charge is 0.358 e. The molecule has 0 atom stereocenters. The van der Waals surface area contributed by atoms with Gasteiger partial charge >= 0.3 is 0 Å². The van der Waals surface area contributed by atoms with Gasteiger partial charge in [-0.1, -0.05) is 42.5 Å². The van der Waals surface area contributed by atoms with Gasteiger partial charge in [-0.25, -0.2) is 9.97 Å². The van der Waals surface area contributed by atoms with E-state index in [4.69, 9.17) is 12.2 Å². The maximum absolute atomic E-state index is 5.44. The average molecular weight is 400 g/mol. The third-order valence-electron chi connectivity index (χ3n) is 4.47. The fourth-order valence-corrected chi connectivity index (χ4v) is 3.24. The first-order valence-corrected chi connectivity index (χ1v) is 9.75. The Morgan fingerprint density at radius 1 is 0.897 bits per heavy atom. The number of thiocarbonyl (C=S) groups is 1. The maximum atomic E-state index is 5.44. The predicted octanol–water partition coefficient (Wildman–Crippen LogP) is 5.17. The molecular formula is C23H21N5S. The van der Waals surface area contributed by atoms with Crippen molar-refractivity contribution < 1.29 is 0 Å². The topological polar surface area (TPSA) is 61.9 Å². The number of rotatable bonds is 5. The summed E-state index contributed by atoms with van der Waals surface area (Å²) >= 11 is 5.44. The Bertz CT molecular complexity index is 1140. The SMILES string of the molecule is Cc1cccc(Nc2ncnc3ccc(NC(=S)NCc4ccccc4)cc23)c1. The molecule has 1 heterocycles. The second-order valence-electron chi connectivity index (χ2n) is 6.74. The van der Waals surface area contributed by atoms with Crippen LogP contribution >= 0.6 is 12.2 Å². The van der Waals surface area contributed by atoms with E-state index >= 15 is 0 Å². The lowest BCUT2D eigenvalue weighted by molar-refractivity contribution is 0.926. The van der Waals surface area contributed by atoms with E-state index < -0.39 is 0 Å². The van der Waals surface area contributed by atoms with Gasteiger partial charge in [0, 0.05) is 23.3 Å². The van der Waals surface area contributed by atoms with Gasteiger partial charge in [0.25, 0.3) is 0 Å². The second kappa shape index (κ2) is 8.67. The molecule has 1 aromatic heterocycles. The van der Waals surface area contributed by atoms with Crippen molar-refractivity contribution in [3.63, 3.8) is 0 Å². The molecule has 4 aromatic rings. The van der Waals surface area contributed by atoms with E-state index in [1.807, 2.05) is 48.5 Å². The van der Waals surface area contributed by atoms with E-state index in [9.17, 15) is 0 Å². The van der Waals surface area contributed by atoms with Crippen molar-refractivity contribution in [3.8, 4) is 0 Å². The van der Waals surface area contributed by atoms with Gasteiger partial charge in [0.2, 0.25) is 0 Å². The number of benzene rings is 3. The Morgan fingerprint density at radius 2 is 1.76 bits per heavy atom. The lowest BCUT2D eigenvalue weighted by Gasteiger charge is -2.13. The standard InChI is InChI=1S/C23H21N5S/c1-16-6-5-9-18(12-16)27-22-20-13-19(10-11-21(20)25-15-26-22)28-23(29)24-14-17-7-3-2-4-8-17/h2-13,15H,14H2,1H3,(H2,24,28,29)(H,25,26,27). The van der Waals surface area contributed by atoms with Crippen LogP contribution in [0.15, 0.2) is 79.1 Å². The van der Waals surface area contributed by atoms with E-state index in [0.717, 1.165) is 28.1 Å². The summed E-state index contributed by atoms with van der Waals surface area (Å²) < 4.78 is 0. The molecule has 0 fully saturated rings. The van der Waals surface area contributed by atoms with E-state index in [-0.39, 0.29) is 0 Å². The van der Waals surface area contributed by atoms with Crippen LogP contribution in [0.4, 0.5) is 17.2 Å². The summed E-state index contributed by atoms with van der Waals surface area (Å²) in [6, 6.07) is 24.3. The van der Waals surface area contributed by atoms with Crippen molar-refractivity contribution in [2.24, 2.45) is 0 Å². The monoisotopic (exact) mass is 399 g/mol. The fourth-order valence-electron chi connectivity index (χ4n) is 3.05. The third kappa shape index (κ3) is 4.86. The molecule has 0 aliphatic rings. The number of aromatic nitrogens is 2. The summed E-state index contributed by atoms with van der Waals surface area (Å²) in [5, 5.41) is 11.3. The van der Waals surface area contributed by atoms with Crippen LogP contribution in [0, 0.1) is 6.92 Å². The molecule has 0 aliphatic heterocycles. The molecule has 0 radical (unpaired) electrons. The molecule has 0 aliphatic carbocycles. The molecule has 29 heavy (non-hydrogen) atoms. The van der Waals surface area contributed by atoms with Gasteiger partial charge in [0.1, 0.15) is 12.1 Å². The van der Waals surface area contributed by atoms with Crippen LogP contribution in [0.1, 0.15) is 11.1 Å². The molecule has 3 N–H and O–H groups in total. The minimum absolute atomic E-state index is 0.568. The summed E-state index contributed by atoms with van der Waals surface area (Å²) in [5.74, 6) is 0.757. The van der Waals surface area contributed by atoms with Gasteiger partial charge in [-0.2, -0.15) is 0 Å². The zero-order valence-corrected chi connectivity index (χ0v) is 16.8. The zero-order valence-electron chi connectivity index (χ0n) is 16.0. The summed E-state index contributed by atoms with van der Waals surface area (Å²) in [6.45, 7) is 2.73. The maximum Gasteiger partial charge on any atom is 0.171 e. The normalized spacial score (nSPS) is 10.5. The lowest BCUT2D eigenvalue weighted by atomic mass is 10.2. The van der Waals surface area contributed by atoms with Gasteiger partial charge in [-0.15, -0.1) is 0 Å². The van der Waals surface area contributed by atoms with Crippen LogP contribution in [0.2, 0.25) is 0 Å². The molecule has 4 rings (SSSR count). The first-order valence-electron chi connectivity index (χ1n) is 9.34. The Labute approximate surface area is 175 Å². The predicted molar refractivity (Wildman–Crippen MR) is 124 cm³/mol. The fraction of sp³-hybridized carbons (Fsp3) is 0.0870. The van der Waals surface area contributed by atoms with Gasteiger partial charge in [0.15, 0.2) is 5.11 Å². The van der Waals surface area contributed by atoms with Gasteiger partial charge in [-0.05, 0) is 60.6 Å². The number of fused-ring (bicyclic) bond motifs is 1. The summed E-state index contributed by atoms with van der Waals surface area (Å²) in [5.41, 5.74) is 5.09. The highest BCUT2D eigenvalue weighted by Crippen LogP contribution is 2.26. The quantitative estimate of drug-likeness (QED) is 0.403. The van der Waals surface area contributed by atoms with Crippen molar-refractivity contribution in [1.82, 2.24) is 15.3 Å². The van der Waals surface area contributed by atoms with E-state index in [0.29, 0.717) is 11.7 Å². The minimum Gasteiger partial charge on any atom is -0.358 e. The Balaban J connectivity index is 1.51. The van der Waals surface area contributed by atoms with E-state index in [1.165, 1.54) is 11.1 Å². The van der Waals surface area contributed by atoms with Crippen molar-refractivity contribution >= 4 is 45.4 Å². The third-order valence-corrected chi connectivity index (χ3v) is 4.72. The molecule has 5 nitrogen and oxygen atoms in total. The molecule has 6 heteroatoms. The van der Waals surface area contributed by atoms with Crippen LogP contribution in [-0.4, -0.2) is 15.1 Å². The highest BCUT2D eigenvalue weighted by atomic mass is 32.1. The molecule has 0 bridgehead atoms. The Hall–Kier alpha value is -3.51. The van der Waals surface area contributed by atoms with Crippen molar-refractivity contribution in [2.45, 2.75) is 13.5 Å². The summed E-state index contributed by atoms with van der Waals surface area (Å²) in [6.07, 6.45) is 1.57. The summed E-state index contributed by atoms with van der Waals surface area (Å²) in [4.78, 5) is 8.80. The van der Waals surface area contributed by atoms with Crippen LogP contribution in [0.3, 0.4) is 0 Å². The van der Waals surface area contributed by atoms with E-state index in [1.54, 1.807) is 6.33 Å². The molecule has 0 amide bonds. The number of anilines is 3. The highest BCUT2D eigenvalue weighted by Gasteiger charge is 2.07.